The van der Waals surface area contributed by atoms with Gasteiger partial charge in [0, 0.05) is 19.5 Å². The SMILES string of the molecule is CN(CCCNC(=O)C1CC(=O)N(c2ccccc2F)C1)CC(F)(F)F. The largest absolute Gasteiger partial charge is 0.401 e. The Kier molecular flexibility index (Phi) is 6.57. The lowest BCUT2D eigenvalue weighted by Gasteiger charge is -2.19. The van der Waals surface area contributed by atoms with E-state index in [2.05, 4.69) is 5.32 Å². The van der Waals surface area contributed by atoms with E-state index in [4.69, 9.17) is 0 Å². The first-order valence-electron chi connectivity index (χ1n) is 8.25. The summed E-state index contributed by atoms with van der Waals surface area (Å²) in [5, 5.41) is 2.63. The Labute approximate surface area is 148 Å². The van der Waals surface area contributed by atoms with Gasteiger partial charge in [-0.05, 0) is 32.1 Å². The van der Waals surface area contributed by atoms with E-state index in [-0.39, 0.29) is 43.6 Å². The fourth-order valence-corrected chi connectivity index (χ4v) is 2.88. The van der Waals surface area contributed by atoms with E-state index in [0.29, 0.717) is 6.42 Å². The van der Waals surface area contributed by atoms with Gasteiger partial charge in [0.1, 0.15) is 5.82 Å². The second-order valence-corrected chi connectivity index (χ2v) is 6.35. The van der Waals surface area contributed by atoms with Crippen LogP contribution in [0.3, 0.4) is 0 Å². The van der Waals surface area contributed by atoms with Gasteiger partial charge in [0.2, 0.25) is 11.8 Å². The molecule has 26 heavy (non-hydrogen) atoms. The van der Waals surface area contributed by atoms with Crippen molar-refractivity contribution in [3.63, 3.8) is 0 Å². The van der Waals surface area contributed by atoms with E-state index < -0.39 is 24.5 Å². The molecular formula is C17H21F4N3O2. The van der Waals surface area contributed by atoms with Crippen LogP contribution in [0.15, 0.2) is 24.3 Å². The molecule has 1 N–H and O–H groups in total. The molecule has 1 aromatic rings. The van der Waals surface area contributed by atoms with Crippen LogP contribution >= 0.6 is 0 Å². The van der Waals surface area contributed by atoms with Gasteiger partial charge in [0.25, 0.3) is 0 Å². The Morgan fingerprint density at radius 2 is 2.04 bits per heavy atom. The van der Waals surface area contributed by atoms with Crippen LogP contribution in [0, 0.1) is 11.7 Å². The van der Waals surface area contributed by atoms with Gasteiger partial charge in [0.15, 0.2) is 0 Å². The fraction of sp³-hybridized carbons (Fsp3) is 0.529. The summed E-state index contributed by atoms with van der Waals surface area (Å²) < 4.78 is 50.5. The number of para-hydroxylation sites is 1. The van der Waals surface area contributed by atoms with Gasteiger partial charge in [0.05, 0.1) is 18.2 Å². The van der Waals surface area contributed by atoms with Crippen LogP contribution in [-0.2, 0) is 9.59 Å². The molecule has 1 fully saturated rings. The molecule has 2 amide bonds. The van der Waals surface area contributed by atoms with Crippen LogP contribution in [0.1, 0.15) is 12.8 Å². The normalized spacial score (nSPS) is 17.8. The molecule has 2 rings (SSSR count). The van der Waals surface area contributed by atoms with E-state index >= 15 is 0 Å². The molecule has 1 unspecified atom stereocenters. The molecule has 0 saturated carbocycles. The molecule has 1 saturated heterocycles. The van der Waals surface area contributed by atoms with Gasteiger partial charge in [-0.3, -0.25) is 14.5 Å². The Morgan fingerprint density at radius 3 is 2.69 bits per heavy atom. The lowest BCUT2D eigenvalue weighted by Crippen LogP contribution is -2.36. The molecule has 0 aromatic heterocycles. The molecule has 0 bridgehead atoms. The molecule has 5 nitrogen and oxygen atoms in total. The molecule has 1 heterocycles. The highest BCUT2D eigenvalue weighted by atomic mass is 19.4. The summed E-state index contributed by atoms with van der Waals surface area (Å²) in [6.45, 7) is -0.522. The minimum atomic E-state index is -4.25. The molecule has 1 aliphatic heterocycles. The van der Waals surface area contributed by atoms with Crippen molar-refractivity contribution >= 4 is 17.5 Å². The Hall–Kier alpha value is -2.16. The topological polar surface area (TPSA) is 52.7 Å². The third-order valence-corrected chi connectivity index (χ3v) is 4.10. The Bertz CT molecular complexity index is 651. The summed E-state index contributed by atoms with van der Waals surface area (Å²) in [6.07, 6.45) is -3.91. The standard InChI is InChI=1S/C17H21F4N3O2/c1-23(11-17(19,20)21)8-4-7-22-16(26)12-9-15(25)24(10-12)14-6-3-2-5-13(14)18/h2-3,5-6,12H,4,7-11H2,1H3,(H,22,26). The fourth-order valence-electron chi connectivity index (χ4n) is 2.88. The molecule has 0 spiro atoms. The van der Waals surface area contributed by atoms with Crippen molar-refractivity contribution in [2.75, 3.05) is 38.1 Å². The number of anilines is 1. The first-order chi connectivity index (χ1) is 12.2. The van der Waals surface area contributed by atoms with Crippen LogP contribution in [0.4, 0.5) is 23.2 Å². The number of carbonyl (C=O) groups excluding carboxylic acids is 2. The zero-order chi connectivity index (χ0) is 19.3. The number of amides is 2. The van der Waals surface area contributed by atoms with Crippen molar-refractivity contribution in [3.8, 4) is 0 Å². The highest BCUT2D eigenvalue weighted by molar-refractivity contribution is 6.00. The summed E-state index contributed by atoms with van der Waals surface area (Å²) in [7, 11) is 1.36. The number of halogens is 4. The van der Waals surface area contributed by atoms with E-state index in [1.807, 2.05) is 0 Å². The second kappa shape index (κ2) is 8.48. The van der Waals surface area contributed by atoms with Crippen LogP contribution < -0.4 is 10.2 Å². The number of nitrogens with zero attached hydrogens (tertiary/aromatic N) is 2. The van der Waals surface area contributed by atoms with Gasteiger partial charge in [-0.25, -0.2) is 4.39 Å². The summed E-state index contributed by atoms with van der Waals surface area (Å²) in [5.74, 6) is -1.82. The minimum absolute atomic E-state index is 0.0197. The van der Waals surface area contributed by atoms with E-state index in [9.17, 15) is 27.2 Å². The molecule has 0 aliphatic carbocycles. The molecular weight excluding hydrogens is 354 g/mol. The lowest BCUT2D eigenvalue weighted by atomic mass is 10.1. The number of alkyl halides is 3. The highest BCUT2D eigenvalue weighted by Gasteiger charge is 2.36. The average molecular weight is 375 g/mol. The van der Waals surface area contributed by atoms with Crippen molar-refractivity contribution < 1.29 is 27.2 Å². The molecule has 144 valence electrons. The summed E-state index contributed by atoms with van der Waals surface area (Å²) in [6, 6.07) is 5.84. The molecule has 1 atom stereocenters. The van der Waals surface area contributed by atoms with Crippen LogP contribution in [0.2, 0.25) is 0 Å². The van der Waals surface area contributed by atoms with Crippen molar-refractivity contribution in [1.29, 1.82) is 0 Å². The van der Waals surface area contributed by atoms with Crippen molar-refractivity contribution in [1.82, 2.24) is 10.2 Å². The first kappa shape index (κ1) is 20.2. The minimum Gasteiger partial charge on any atom is -0.356 e. The maximum absolute atomic E-state index is 13.8. The number of rotatable bonds is 7. The zero-order valence-electron chi connectivity index (χ0n) is 14.4. The predicted octanol–water partition coefficient (Wildman–Crippen LogP) is 2.18. The monoisotopic (exact) mass is 375 g/mol. The molecule has 1 aliphatic rings. The van der Waals surface area contributed by atoms with Crippen molar-refractivity contribution in [2.45, 2.75) is 19.0 Å². The highest BCUT2D eigenvalue weighted by Crippen LogP contribution is 2.27. The number of hydrogen-bond donors (Lipinski definition) is 1. The maximum atomic E-state index is 13.8. The number of nitrogens with one attached hydrogen (secondary N) is 1. The summed E-state index contributed by atoms with van der Waals surface area (Å²) in [5.41, 5.74) is 0.140. The summed E-state index contributed by atoms with van der Waals surface area (Å²) in [4.78, 5) is 26.6. The molecule has 0 radical (unpaired) electrons. The average Bonchev–Trinajstić information content (AvgIpc) is 2.92. The van der Waals surface area contributed by atoms with Gasteiger partial charge in [-0.15, -0.1) is 0 Å². The third kappa shape index (κ3) is 5.69. The predicted molar refractivity (Wildman–Crippen MR) is 88.0 cm³/mol. The molecule has 9 heteroatoms. The van der Waals surface area contributed by atoms with E-state index in [1.165, 1.54) is 30.1 Å². The van der Waals surface area contributed by atoms with Crippen LogP contribution in [-0.4, -0.2) is 56.1 Å². The van der Waals surface area contributed by atoms with Crippen molar-refractivity contribution in [2.24, 2.45) is 5.92 Å². The third-order valence-electron chi connectivity index (χ3n) is 4.10. The Balaban J connectivity index is 1.77. The van der Waals surface area contributed by atoms with Gasteiger partial charge < -0.3 is 10.2 Å². The van der Waals surface area contributed by atoms with Crippen LogP contribution in [0.5, 0.6) is 0 Å². The van der Waals surface area contributed by atoms with Crippen LogP contribution in [0.25, 0.3) is 0 Å². The van der Waals surface area contributed by atoms with Gasteiger partial charge >= 0.3 is 6.18 Å². The van der Waals surface area contributed by atoms with E-state index in [1.54, 1.807) is 6.07 Å². The smallest absolute Gasteiger partial charge is 0.356 e. The summed E-state index contributed by atoms with van der Waals surface area (Å²) >= 11 is 0. The zero-order valence-corrected chi connectivity index (χ0v) is 14.4. The Morgan fingerprint density at radius 1 is 1.35 bits per heavy atom. The van der Waals surface area contributed by atoms with Crippen molar-refractivity contribution in [3.05, 3.63) is 30.1 Å². The number of hydrogen-bond acceptors (Lipinski definition) is 3. The van der Waals surface area contributed by atoms with Gasteiger partial charge in [-0.2, -0.15) is 13.2 Å². The van der Waals surface area contributed by atoms with Gasteiger partial charge in [-0.1, -0.05) is 12.1 Å². The molecule has 1 aromatic carbocycles. The first-order valence-corrected chi connectivity index (χ1v) is 8.25. The number of carbonyl (C=O) groups is 2. The lowest BCUT2D eigenvalue weighted by molar-refractivity contribution is -0.143. The number of benzene rings is 1. The second-order valence-electron chi connectivity index (χ2n) is 6.35. The quantitative estimate of drug-likeness (QED) is 0.587. The van der Waals surface area contributed by atoms with E-state index in [0.717, 1.165) is 4.90 Å². The maximum Gasteiger partial charge on any atom is 0.401 e.